The fraction of sp³-hybridized carbons (Fsp3) is 0.545. The van der Waals surface area contributed by atoms with Crippen molar-refractivity contribution in [3.8, 4) is 0 Å². The van der Waals surface area contributed by atoms with Crippen molar-refractivity contribution < 1.29 is 0 Å². The number of para-hydroxylation sites is 1. The number of likely N-dealkylation sites (N-methyl/N-ethyl adjacent to an activating group) is 1. The largest absolute Gasteiger partial charge is 0.368 e. The van der Waals surface area contributed by atoms with Crippen LogP contribution in [0.3, 0.4) is 0 Å². The van der Waals surface area contributed by atoms with Crippen molar-refractivity contribution in [2.45, 2.75) is 13.0 Å². The zero-order valence-corrected chi connectivity index (χ0v) is 17.3. The Balaban J connectivity index is 1.37. The minimum absolute atomic E-state index is 0.888. The van der Waals surface area contributed by atoms with E-state index in [1.54, 1.807) is 0 Å². The summed E-state index contributed by atoms with van der Waals surface area (Å²) >= 11 is 0. The van der Waals surface area contributed by atoms with E-state index in [0.717, 1.165) is 83.6 Å². The highest BCUT2D eigenvalue weighted by atomic mass is 15.4. The fourth-order valence-corrected chi connectivity index (χ4v) is 4.54. The topological polar surface area (TPSA) is 50.8 Å². The maximum atomic E-state index is 5.12. The lowest BCUT2D eigenvalue weighted by Gasteiger charge is -2.38. The molecule has 0 aliphatic carbocycles. The molecule has 1 aromatic carbocycles. The molecule has 1 aromatic heterocycles. The maximum absolute atomic E-state index is 5.12. The van der Waals surface area contributed by atoms with Crippen LogP contribution < -0.4 is 20.0 Å². The van der Waals surface area contributed by atoms with Gasteiger partial charge in [-0.15, -0.1) is 0 Å². The third kappa shape index (κ3) is 3.89. The highest BCUT2D eigenvalue weighted by molar-refractivity contribution is 5.55. The van der Waals surface area contributed by atoms with E-state index < -0.39 is 0 Å². The molecule has 1 N–H and O–H groups in total. The first-order valence-corrected chi connectivity index (χ1v) is 10.9. The molecule has 7 nitrogen and oxygen atoms in total. The molecule has 4 heterocycles. The van der Waals surface area contributed by atoms with Gasteiger partial charge in [0, 0.05) is 83.1 Å². The molecule has 154 valence electrons. The maximum Gasteiger partial charge on any atom is 0.227 e. The van der Waals surface area contributed by atoms with E-state index in [1.807, 2.05) is 0 Å². The zero-order chi connectivity index (χ0) is 19.6. The van der Waals surface area contributed by atoms with Crippen LogP contribution in [0.25, 0.3) is 0 Å². The highest BCUT2D eigenvalue weighted by Gasteiger charge is 2.26. The van der Waals surface area contributed by atoms with Gasteiger partial charge in [-0.2, -0.15) is 4.98 Å². The van der Waals surface area contributed by atoms with E-state index in [2.05, 4.69) is 62.3 Å². The molecule has 0 spiro atoms. The second-order valence-corrected chi connectivity index (χ2v) is 8.30. The van der Waals surface area contributed by atoms with Gasteiger partial charge in [0.2, 0.25) is 5.95 Å². The van der Waals surface area contributed by atoms with Gasteiger partial charge in [-0.1, -0.05) is 18.2 Å². The van der Waals surface area contributed by atoms with Gasteiger partial charge in [-0.05, 0) is 19.2 Å². The number of hydrogen-bond donors (Lipinski definition) is 1. The Morgan fingerprint density at radius 3 is 2.24 bits per heavy atom. The molecule has 0 radical (unpaired) electrons. The molecule has 0 unspecified atom stereocenters. The fourth-order valence-electron chi connectivity index (χ4n) is 4.54. The van der Waals surface area contributed by atoms with Crippen LogP contribution in [-0.2, 0) is 13.0 Å². The Bertz CT molecular complexity index is 825. The number of aromatic nitrogens is 2. The first-order chi connectivity index (χ1) is 14.3. The Morgan fingerprint density at radius 2 is 1.48 bits per heavy atom. The molecular weight excluding hydrogens is 362 g/mol. The molecule has 2 fully saturated rings. The summed E-state index contributed by atoms with van der Waals surface area (Å²) in [7, 11) is 2.20. The summed E-state index contributed by atoms with van der Waals surface area (Å²) in [4.78, 5) is 19.8. The molecule has 0 bridgehead atoms. The molecule has 0 atom stereocenters. The average molecular weight is 394 g/mol. The van der Waals surface area contributed by atoms with Gasteiger partial charge in [0.25, 0.3) is 0 Å². The van der Waals surface area contributed by atoms with Crippen LogP contribution in [0.2, 0.25) is 0 Å². The molecule has 5 rings (SSSR count). The van der Waals surface area contributed by atoms with E-state index in [0.29, 0.717) is 0 Å². The quantitative estimate of drug-likeness (QED) is 0.841. The lowest BCUT2D eigenvalue weighted by molar-refractivity contribution is 0.311. The Hall–Kier alpha value is -2.38. The number of piperazine rings is 2. The number of anilines is 3. The van der Waals surface area contributed by atoms with Crippen LogP contribution >= 0.6 is 0 Å². The van der Waals surface area contributed by atoms with Gasteiger partial charge in [0.1, 0.15) is 5.82 Å². The summed E-state index contributed by atoms with van der Waals surface area (Å²) in [5.74, 6) is 2.09. The lowest BCUT2D eigenvalue weighted by atomic mass is 10.1. The van der Waals surface area contributed by atoms with Crippen molar-refractivity contribution in [2.75, 3.05) is 80.7 Å². The van der Waals surface area contributed by atoms with Crippen LogP contribution in [0, 0.1) is 0 Å². The molecule has 7 heteroatoms. The Morgan fingerprint density at radius 1 is 0.793 bits per heavy atom. The van der Waals surface area contributed by atoms with Crippen LogP contribution in [-0.4, -0.2) is 80.8 Å². The van der Waals surface area contributed by atoms with Crippen molar-refractivity contribution in [1.29, 1.82) is 0 Å². The lowest BCUT2D eigenvalue weighted by Crippen LogP contribution is -2.48. The summed E-state index contributed by atoms with van der Waals surface area (Å²) in [5.41, 5.74) is 3.86. The van der Waals surface area contributed by atoms with E-state index in [9.17, 15) is 0 Å². The van der Waals surface area contributed by atoms with Gasteiger partial charge >= 0.3 is 0 Å². The highest BCUT2D eigenvalue weighted by Crippen LogP contribution is 2.28. The van der Waals surface area contributed by atoms with E-state index in [4.69, 9.17) is 9.97 Å². The molecule has 2 aromatic rings. The summed E-state index contributed by atoms with van der Waals surface area (Å²) in [6.07, 6.45) is 0.996. The smallest absolute Gasteiger partial charge is 0.227 e. The first kappa shape index (κ1) is 18.6. The Labute approximate surface area is 173 Å². The summed E-state index contributed by atoms with van der Waals surface area (Å²) in [6.45, 7) is 10.1. The molecule has 29 heavy (non-hydrogen) atoms. The van der Waals surface area contributed by atoms with Gasteiger partial charge in [-0.25, -0.2) is 4.98 Å². The molecule has 2 saturated heterocycles. The van der Waals surface area contributed by atoms with Crippen LogP contribution in [0.4, 0.5) is 17.5 Å². The summed E-state index contributed by atoms with van der Waals surface area (Å²) in [5, 5.41) is 3.51. The van der Waals surface area contributed by atoms with E-state index in [-0.39, 0.29) is 0 Å². The predicted octanol–water partition coefficient (Wildman–Crippen LogP) is 1.20. The molecule has 3 aliphatic rings. The van der Waals surface area contributed by atoms with Gasteiger partial charge in [-0.3, -0.25) is 0 Å². The van der Waals surface area contributed by atoms with Crippen LogP contribution in [0.5, 0.6) is 0 Å². The standard InChI is InChI=1S/C22H31N7/c1-26-9-11-28(12-10-26)21-19-17-23-8-7-20(19)24-22(25-21)29-15-13-27(14-16-29)18-5-3-2-4-6-18/h2-6,23H,7-17H2,1H3. The Kier molecular flexibility index (Phi) is 5.24. The van der Waals surface area contributed by atoms with Crippen molar-refractivity contribution in [3.63, 3.8) is 0 Å². The number of fused-ring (bicyclic) bond motifs is 1. The second kappa shape index (κ2) is 8.16. The molecule has 0 saturated carbocycles. The van der Waals surface area contributed by atoms with Crippen LogP contribution in [0.15, 0.2) is 30.3 Å². The minimum atomic E-state index is 0.888. The monoisotopic (exact) mass is 393 g/mol. The van der Waals surface area contributed by atoms with Crippen LogP contribution in [0.1, 0.15) is 11.3 Å². The first-order valence-electron chi connectivity index (χ1n) is 10.9. The van der Waals surface area contributed by atoms with Crippen molar-refractivity contribution in [1.82, 2.24) is 20.2 Å². The molecule has 0 amide bonds. The molecular formula is C22H31N7. The van der Waals surface area contributed by atoms with Crippen molar-refractivity contribution >= 4 is 17.5 Å². The third-order valence-electron chi connectivity index (χ3n) is 6.39. The SMILES string of the molecule is CN1CCN(c2nc(N3CCN(c4ccccc4)CC3)nc3c2CNCC3)CC1. The number of rotatable bonds is 3. The summed E-state index contributed by atoms with van der Waals surface area (Å²) < 4.78 is 0. The number of nitrogens with one attached hydrogen (secondary N) is 1. The number of benzene rings is 1. The normalized spacial score (nSPS) is 20.7. The average Bonchev–Trinajstić information content (AvgIpc) is 2.80. The van der Waals surface area contributed by atoms with E-state index in [1.165, 1.54) is 16.9 Å². The number of nitrogens with zero attached hydrogens (tertiary/aromatic N) is 6. The van der Waals surface area contributed by atoms with Gasteiger partial charge in [0.05, 0.1) is 5.69 Å². The predicted molar refractivity (Wildman–Crippen MR) is 118 cm³/mol. The third-order valence-corrected chi connectivity index (χ3v) is 6.39. The van der Waals surface area contributed by atoms with Gasteiger partial charge in [0.15, 0.2) is 0 Å². The van der Waals surface area contributed by atoms with Crippen molar-refractivity contribution in [3.05, 3.63) is 41.6 Å². The summed E-state index contributed by atoms with van der Waals surface area (Å²) in [6, 6.07) is 10.7. The second-order valence-electron chi connectivity index (χ2n) is 8.30. The number of hydrogen-bond acceptors (Lipinski definition) is 7. The van der Waals surface area contributed by atoms with Gasteiger partial charge < -0.3 is 24.9 Å². The minimum Gasteiger partial charge on any atom is -0.368 e. The van der Waals surface area contributed by atoms with E-state index >= 15 is 0 Å². The molecule has 3 aliphatic heterocycles. The zero-order valence-electron chi connectivity index (χ0n) is 17.3. The van der Waals surface area contributed by atoms with Crippen molar-refractivity contribution in [2.24, 2.45) is 0 Å².